The molecule has 3 rings (SSSR count). The first kappa shape index (κ1) is 27.5. The molecular weight excluding hydrogens is 516 g/mol. The summed E-state index contributed by atoms with van der Waals surface area (Å²) in [6.45, 7) is 8.79. The number of aryl methyl sites for hydroxylation is 1. The van der Waals surface area contributed by atoms with E-state index in [1.54, 1.807) is 4.90 Å². The summed E-state index contributed by atoms with van der Waals surface area (Å²) < 4.78 is 6.92. The van der Waals surface area contributed by atoms with E-state index in [2.05, 4.69) is 35.1 Å². The van der Waals surface area contributed by atoms with Gasteiger partial charge in [-0.1, -0.05) is 84.4 Å². The molecule has 0 saturated carbocycles. The van der Waals surface area contributed by atoms with Crippen LogP contribution in [-0.2, 0) is 22.6 Å². The van der Waals surface area contributed by atoms with Gasteiger partial charge in [0.15, 0.2) is 6.61 Å². The van der Waals surface area contributed by atoms with Crippen molar-refractivity contribution in [1.29, 1.82) is 0 Å². The van der Waals surface area contributed by atoms with E-state index in [0.29, 0.717) is 31.2 Å². The molecule has 2 amide bonds. The van der Waals surface area contributed by atoms with E-state index in [1.165, 1.54) is 0 Å². The largest absolute Gasteiger partial charge is 0.483 e. The monoisotopic (exact) mass is 550 g/mol. The smallest absolute Gasteiger partial charge is 0.261 e. The molecule has 0 aliphatic rings. The Morgan fingerprint density at radius 2 is 1.61 bits per heavy atom. The van der Waals surface area contributed by atoms with E-state index in [9.17, 15) is 9.59 Å². The van der Waals surface area contributed by atoms with Crippen molar-refractivity contribution in [3.63, 3.8) is 0 Å². The van der Waals surface area contributed by atoms with E-state index in [-0.39, 0.29) is 18.4 Å². The summed E-state index contributed by atoms with van der Waals surface area (Å²) in [5.74, 6) is 0.578. The Bertz CT molecular complexity index is 1150. The van der Waals surface area contributed by atoms with Gasteiger partial charge in [0.2, 0.25) is 5.91 Å². The van der Waals surface area contributed by atoms with Gasteiger partial charge >= 0.3 is 0 Å². The first-order chi connectivity index (χ1) is 17.2. The molecule has 0 aromatic heterocycles. The van der Waals surface area contributed by atoms with Crippen LogP contribution >= 0.6 is 15.9 Å². The fraction of sp³-hybridized carbons (Fsp3) is 0.333. The zero-order chi connectivity index (χ0) is 26.1. The molecule has 0 fully saturated rings. The number of carbonyl (C=O) groups excluding carboxylic acids is 2. The van der Waals surface area contributed by atoms with Gasteiger partial charge in [0.1, 0.15) is 11.8 Å². The number of benzene rings is 3. The molecule has 0 unspecified atom stereocenters. The van der Waals surface area contributed by atoms with Crippen molar-refractivity contribution in [1.82, 2.24) is 10.2 Å². The SMILES string of the molecule is Cc1cccc(OCC(=O)N(Cc2ccc(Br)cc2)[C@H](Cc2ccccc2)C(=O)NCC(C)C)c1C. The summed E-state index contributed by atoms with van der Waals surface area (Å²) in [5.41, 5.74) is 4.03. The van der Waals surface area contributed by atoms with Crippen LogP contribution in [0.5, 0.6) is 5.75 Å². The Morgan fingerprint density at radius 1 is 0.917 bits per heavy atom. The maximum absolute atomic E-state index is 13.7. The van der Waals surface area contributed by atoms with Crippen molar-refractivity contribution < 1.29 is 14.3 Å². The Kier molecular flexibility index (Phi) is 10.1. The molecular formula is C30H35BrN2O3. The minimum Gasteiger partial charge on any atom is -0.483 e. The Hall–Kier alpha value is -3.12. The van der Waals surface area contributed by atoms with Crippen LogP contribution in [-0.4, -0.2) is 35.9 Å². The molecule has 0 aliphatic heterocycles. The van der Waals surface area contributed by atoms with Gasteiger partial charge in [-0.3, -0.25) is 9.59 Å². The first-order valence-corrected chi connectivity index (χ1v) is 13.1. The summed E-state index contributed by atoms with van der Waals surface area (Å²) in [5, 5.41) is 3.04. The topological polar surface area (TPSA) is 58.6 Å². The summed E-state index contributed by atoms with van der Waals surface area (Å²) in [6, 6.07) is 22.7. The number of ether oxygens (including phenoxy) is 1. The van der Waals surface area contributed by atoms with Gasteiger partial charge in [-0.25, -0.2) is 0 Å². The van der Waals surface area contributed by atoms with Gasteiger partial charge in [-0.05, 0) is 60.2 Å². The van der Waals surface area contributed by atoms with E-state index in [4.69, 9.17) is 4.74 Å². The van der Waals surface area contributed by atoms with E-state index < -0.39 is 6.04 Å². The van der Waals surface area contributed by atoms with Crippen LogP contribution < -0.4 is 10.1 Å². The summed E-state index contributed by atoms with van der Waals surface area (Å²) in [4.78, 5) is 28.8. The third-order valence-corrected chi connectivity index (χ3v) is 6.66. The minimum atomic E-state index is -0.676. The number of hydrogen-bond donors (Lipinski definition) is 1. The van der Waals surface area contributed by atoms with Gasteiger partial charge in [-0.15, -0.1) is 0 Å². The van der Waals surface area contributed by atoms with Crippen LogP contribution in [0, 0.1) is 19.8 Å². The second kappa shape index (κ2) is 13.3. The predicted molar refractivity (Wildman–Crippen MR) is 148 cm³/mol. The second-order valence-electron chi connectivity index (χ2n) is 9.48. The second-order valence-corrected chi connectivity index (χ2v) is 10.4. The van der Waals surface area contributed by atoms with E-state index >= 15 is 0 Å². The molecule has 1 atom stereocenters. The van der Waals surface area contributed by atoms with Gasteiger partial charge in [0, 0.05) is 24.0 Å². The van der Waals surface area contributed by atoms with Crippen molar-refractivity contribution >= 4 is 27.7 Å². The lowest BCUT2D eigenvalue weighted by Gasteiger charge is -2.32. The summed E-state index contributed by atoms with van der Waals surface area (Å²) in [6.07, 6.45) is 0.413. The molecule has 0 radical (unpaired) electrons. The molecule has 0 aliphatic carbocycles. The van der Waals surface area contributed by atoms with Crippen molar-refractivity contribution in [2.45, 2.75) is 46.7 Å². The lowest BCUT2D eigenvalue weighted by Crippen LogP contribution is -2.52. The quantitative estimate of drug-likeness (QED) is 0.325. The zero-order valence-electron chi connectivity index (χ0n) is 21.5. The first-order valence-electron chi connectivity index (χ1n) is 12.3. The highest BCUT2D eigenvalue weighted by atomic mass is 79.9. The predicted octanol–water partition coefficient (Wildman–Crippen LogP) is 5.86. The molecule has 3 aromatic carbocycles. The number of hydrogen-bond acceptors (Lipinski definition) is 3. The van der Waals surface area contributed by atoms with Crippen molar-refractivity contribution in [2.75, 3.05) is 13.2 Å². The van der Waals surface area contributed by atoms with Gasteiger partial charge in [0.25, 0.3) is 5.91 Å². The third-order valence-electron chi connectivity index (χ3n) is 6.13. The number of rotatable bonds is 11. The third kappa shape index (κ3) is 7.95. The fourth-order valence-electron chi connectivity index (χ4n) is 3.87. The molecule has 1 N–H and O–H groups in total. The van der Waals surface area contributed by atoms with E-state index in [1.807, 2.05) is 86.6 Å². The highest BCUT2D eigenvalue weighted by molar-refractivity contribution is 9.10. The van der Waals surface area contributed by atoms with Crippen LogP contribution in [0.1, 0.15) is 36.1 Å². The highest BCUT2D eigenvalue weighted by Gasteiger charge is 2.30. The summed E-state index contributed by atoms with van der Waals surface area (Å²) >= 11 is 3.47. The maximum atomic E-state index is 13.7. The molecule has 5 nitrogen and oxygen atoms in total. The number of nitrogens with zero attached hydrogens (tertiary/aromatic N) is 1. The fourth-order valence-corrected chi connectivity index (χ4v) is 4.13. The van der Waals surface area contributed by atoms with Crippen molar-refractivity contribution in [3.05, 3.63) is 99.5 Å². The molecule has 0 heterocycles. The molecule has 0 bridgehead atoms. The average Bonchev–Trinajstić information content (AvgIpc) is 2.87. The number of carbonyl (C=O) groups is 2. The van der Waals surface area contributed by atoms with Gasteiger partial charge < -0.3 is 15.0 Å². The van der Waals surface area contributed by atoms with Crippen molar-refractivity contribution in [3.8, 4) is 5.75 Å². The minimum absolute atomic E-state index is 0.149. The highest BCUT2D eigenvalue weighted by Crippen LogP contribution is 2.22. The van der Waals surface area contributed by atoms with Crippen LogP contribution in [0.3, 0.4) is 0 Å². The molecule has 190 valence electrons. The van der Waals surface area contributed by atoms with Crippen LogP contribution in [0.25, 0.3) is 0 Å². The van der Waals surface area contributed by atoms with E-state index in [0.717, 1.165) is 26.7 Å². The average molecular weight is 552 g/mol. The van der Waals surface area contributed by atoms with Crippen LogP contribution in [0.4, 0.5) is 0 Å². The lowest BCUT2D eigenvalue weighted by molar-refractivity contribution is -0.142. The van der Waals surface area contributed by atoms with Crippen molar-refractivity contribution in [2.24, 2.45) is 5.92 Å². The molecule has 36 heavy (non-hydrogen) atoms. The molecule has 0 spiro atoms. The van der Waals surface area contributed by atoms with Crippen LogP contribution in [0.2, 0.25) is 0 Å². The van der Waals surface area contributed by atoms with Gasteiger partial charge in [0.05, 0.1) is 0 Å². The lowest BCUT2D eigenvalue weighted by atomic mass is 10.0. The Morgan fingerprint density at radius 3 is 2.28 bits per heavy atom. The molecule has 6 heteroatoms. The van der Waals surface area contributed by atoms with Gasteiger partial charge in [-0.2, -0.15) is 0 Å². The molecule has 3 aromatic rings. The van der Waals surface area contributed by atoms with Crippen LogP contribution in [0.15, 0.2) is 77.3 Å². The number of nitrogens with one attached hydrogen (secondary N) is 1. The Labute approximate surface area is 223 Å². The molecule has 0 saturated heterocycles. The maximum Gasteiger partial charge on any atom is 0.261 e. The zero-order valence-corrected chi connectivity index (χ0v) is 23.0. The standard InChI is InChI=1S/C30H35BrN2O3/c1-21(2)18-32-30(35)27(17-24-10-6-5-7-11-24)33(19-25-13-15-26(31)16-14-25)29(34)20-36-28-12-8-9-22(3)23(28)4/h5-16,21,27H,17-20H2,1-4H3,(H,32,35)/t27-/m1/s1. The number of halogens is 1. The Balaban J connectivity index is 1.91. The summed E-state index contributed by atoms with van der Waals surface area (Å²) in [7, 11) is 0. The normalized spacial score (nSPS) is 11.7. The number of amides is 2.